The third-order valence-electron chi connectivity index (χ3n) is 4.51. The zero-order valence-corrected chi connectivity index (χ0v) is 11.4. The number of hydrogen-bond donors (Lipinski definition) is 1. The molecule has 1 aliphatic carbocycles. The Labute approximate surface area is 110 Å². The number of rotatable bonds is 2. The first kappa shape index (κ1) is 12.2. The molecular formula is C16H24N2. The van der Waals surface area contributed by atoms with Crippen molar-refractivity contribution in [3.63, 3.8) is 0 Å². The van der Waals surface area contributed by atoms with E-state index >= 15 is 0 Å². The average molecular weight is 244 g/mol. The Hall–Kier alpha value is -0.860. The van der Waals surface area contributed by atoms with Crippen LogP contribution in [0.25, 0.3) is 0 Å². The Bertz CT molecular complexity index is 383. The predicted octanol–water partition coefficient (Wildman–Crippen LogP) is 2.71. The number of fused-ring (bicyclic) bond motifs is 1. The molecular weight excluding hydrogens is 220 g/mol. The molecule has 2 nitrogen and oxygen atoms in total. The predicted molar refractivity (Wildman–Crippen MR) is 75.6 cm³/mol. The second-order valence-electron chi connectivity index (χ2n) is 5.87. The zero-order chi connectivity index (χ0) is 12.4. The van der Waals surface area contributed by atoms with Crippen LogP contribution < -0.4 is 5.32 Å². The molecule has 2 atom stereocenters. The number of piperazine rings is 1. The van der Waals surface area contributed by atoms with Gasteiger partial charge in [-0.2, -0.15) is 0 Å². The maximum atomic E-state index is 3.70. The average Bonchev–Trinajstić information content (AvgIpc) is 2.42. The van der Waals surface area contributed by atoms with Gasteiger partial charge in [0.25, 0.3) is 0 Å². The molecule has 3 rings (SSSR count). The van der Waals surface area contributed by atoms with Gasteiger partial charge in [-0.1, -0.05) is 42.7 Å². The second kappa shape index (κ2) is 5.41. The van der Waals surface area contributed by atoms with Gasteiger partial charge in [-0.15, -0.1) is 0 Å². The van der Waals surface area contributed by atoms with Gasteiger partial charge in [0.1, 0.15) is 0 Å². The molecule has 1 aliphatic heterocycles. The van der Waals surface area contributed by atoms with E-state index in [1.165, 1.54) is 43.4 Å². The minimum absolute atomic E-state index is 0.748. The van der Waals surface area contributed by atoms with Crippen molar-refractivity contribution in [2.75, 3.05) is 13.1 Å². The monoisotopic (exact) mass is 244 g/mol. The molecule has 2 fully saturated rings. The number of nitrogens with zero attached hydrogens (tertiary/aromatic N) is 1. The molecule has 1 saturated carbocycles. The van der Waals surface area contributed by atoms with Crippen LogP contribution in [0, 0.1) is 6.92 Å². The molecule has 1 aromatic carbocycles. The minimum Gasteiger partial charge on any atom is -0.311 e. The van der Waals surface area contributed by atoms with E-state index in [4.69, 9.17) is 0 Å². The Morgan fingerprint density at radius 3 is 2.78 bits per heavy atom. The Kier molecular flexibility index (Phi) is 3.67. The summed E-state index contributed by atoms with van der Waals surface area (Å²) in [7, 11) is 0. The lowest BCUT2D eigenvalue weighted by molar-refractivity contribution is 0.0815. The first-order chi connectivity index (χ1) is 8.83. The molecule has 0 radical (unpaired) electrons. The first-order valence-electron chi connectivity index (χ1n) is 7.36. The molecule has 0 unspecified atom stereocenters. The quantitative estimate of drug-likeness (QED) is 0.860. The van der Waals surface area contributed by atoms with Crippen molar-refractivity contribution < 1.29 is 0 Å². The van der Waals surface area contributed by atoms with Crippen LogP contribution in [0.5, 0.6) is 0 Å². The molecule has 1 saturated heterocycles. The molecule has 18 heavy (non-hydrogen) atoms. The van der Waals surface area contributed by atoms with Gasteiger partial charge in [-0.05, 0) is 25.3 Å². The number of hydrogen-bond acceptors (Lipinski definition) is 2. The lowest BCUT2D eigenvalue weighted by Gasteiger charge is -2.44. The summed E-state index contributed by atoms with van der Waals surface area (Å²) >= 11 is 0. The first-order valence-corrected chi connectivity index (χ1v) is 7.36. The Morgan fingerprint density at radius 2 is 1.94 bits per heavy atom. The third kappa shape index (κ3) is 2.60. The Balaban J connectivity index is 1.69. The van der Waals surface area contributed by atoms with Gasteiger partial charge in [-0.3, -0.25) is 4.90 Å². The largest absolute Gasteiger partial charge is 0.311 e. The fraction of sp³-hybridized carbons (Fsp3) is 0.625. The van der Waals surface area contributed by atoms with Crippen LogP contribution >= 0.6 is 0 Å². The van der Waals surface area contributed by atoms with E-state index in [0.29, 0.717) is 0 Å². The minimum atomic E-state index is 0.748. The van der Waals surface area contributed by atoms with Crippen LogP contribution in [0.15, 0.2) is 24.3 Å². The standard InChI is InChI=1S/C16H24N2/c1-13-6-8-14(9-7-13)12-18-11-10-17-15-4-2-3-5-16(15)18/h6-9,15-17H,2-5,10-12H2,1H3/t15-,16+/m1/s1. The lowest BCUT2D eigenvalue weighted by atomic mass is 9.87. The highest BCUT2D eigenvalue weighted by Crippen LogP contribution is 2.26. The lowest BCUT2D eigenvalue weighted by Crippen LogP contribution is -2.58. The Morgan fingerprint density at radius 1 is 1.17 bits per heavy atom. The molecule has 0 bridgehead atoms. The topological polar surface area (TPSA) is 15.3 Å². The van der Waals surface area contributed by atoms with Gasteiger partial charge < -0.3 is 5.32 Å². The SMILES string of the molecule is Cc1ccc(CN2CCN[C@@H]3CCCC[C@@H]32)cc1. The second-order valence-corrected chi connectivity index (χ2v) is 5.87. The van der Waals surface area contributed by atoms with E-state index in [1.807, 2.05) is 0 Å². The summed E-state index contributed by atoms with van der Waals surface area (Å²) in [6.45, 7) is 5.65. The number of aryl methyl sites for hydroxylation is 1. The molecule has 0 amide bonds. The molecule has 0 aromatic heterocycles. The van der Waals surface area contributed by atoms with Crippen LogP contribution in [0.4, 0.5) is 0 Å². The van der Waals surface area contributed by atoms with Gasteiger partial charge in [0.05, 0.1) is 0 Å². The maximum absolute atomic E-state index is 3.70. The molecule has 2 heteroatoms. The van der Waals surface area contributed by atoms with Crippen LogP contribution in [0.1, 0.15) is 36.8 Å². The van der Waals surface area contributed by atoms with Gasteiger partial charge in [-0.25, -0.2) is 0 Å². The van der Waals surface area contributed by atoms with Crippen molar-refractivity contribution in [1.82, 2.24) is 10.2 Å². The van der Waals surface area contributed by atoms with Crippen molar-refractivity contribution in [2.24, 2.45) is 0 Å². The molecule has 1 aromatic rings. The van der Waals surface area contributed by atoms with Crippen molar-refractivity contribution in [3.8, 4) is 0 Å². The number of nitrogens with one attached hydrogen (secondary N) is 1. The number of benzene rings is 1. The smallest absolute Gasteiger partial charge is 0.0253 e. The highest BCUT2D eigenvalue weighted by molar-refractivity contribution is 5.21. The third-order valence-corrected chi connectivity index (χ3v) is 4.51. The van der Waals surface area contributed by atoms with E-state index in [9.17, 15) is 0 Å². The fourth-order valence-electron chi connectivity index (χ4n) is 3.47. The summed E-state index contributed by atoms with van der Waals surface area (Å²) < 4.78 is 0. The van der Waals surface area contributed by atoms with Gasteiger partial charge in [0, 0.05) is 31.7 Å². The van der Waals surface area contributed by atoms with Gasteiger partial charge in [0.15, 0.2) is 0 Å². The normalized spacial score (nSPS) is 28.9. The van der Waals surface area contributed by atoms with Gasteiger partial charge in [0.2, 0.25) is 0 Å². The highest BCUT2D eigenvalue weighted by atomic mass is 15.2. The summed E-state index contributed by atoms with van der Waals surface area (Å²) in [5, 5.41) is 3.70. The van der Waals surface area contributed by atoms with E-state index < -0.39 is 0 Å². The van der Waals surface area contributed by atoms with Crippen LogP contribution in [-0.2, 0) is 6.54 Å². The van der Waals surface area contributed by atoms with Crippen LogP contribution in [0.3, 0.4) is 0 Å². The molecule has 1 N–H and O–H groups in total. The molecule has 1 heterocycles. The summed E-state index contributed by atoms with van der Waals surface area (Å²) in [5.41, 5.74) is 2.82. The molecule has 98 valence electrons. The molecule has 0 spiro atoms. The van der Waals surface area contributed by atoms with E-state index in [-0.39, 0.29) is 0 Å². The van der Waals surface area contributed by atoms with E-state index in [0.717, 1.165) is 25.2 Å². The van der Waals surface area contributed by atoms with Crippen molar-refractivity contribution in [1.29, 1.82) is 0 Å². The molecule has 2 aliphatic rings. The van der Waals surface area contributed by atoms with Crippen LogP contribution in [0.2, 0.25) is 0 Å². The van der Waals surface area contributed by atoms with Gasteiger partial charge >= 0.3 is 0 Å². The summed E-state index contributed by atoms with van der Waals surface area (Å²) in [5.74, 6) is 0. The van der Waals surface area contributed by atoms with E-state index in [1.54, 1.807) is 0 Å². The summed E-state index contributed by atoms with van der Waals surface area (Å²) in [6, 6.07) is 10.6. The summed E-state index contributed by atoms with van der Waals surface area (Å²) in [4.78, 5) is 2.70. The zero-order valence-electron chi connectivity index (χ0n) is 11.4. The van der Waals surface area contributed by atoms with Crippen molar-refractivity contribution in [2.45, 2.75) is 51.2 Å². The van der Waals surface area contributed by atoms with Crippen molar-refractivity contribution in [3.05, 3.63) is 35.4 Å². The van der Waals surface area contributed by atoms with Crippen LogP contribution in [-0.4, -0.2) is 30.1 Å². The maximum Gasteiger partial charge on any atom is 0.0253 e. The van der Waals surface area contributed by atoms with Crippen molar-refractivity contribution >= 4 is 0 Å². The highest BCUT2D eigenvalue weighted by Gasteiger charge is 2.32. The summed E-state index contributed by atoms with van der Waals surface area (Å²) in [6.07, 6.45) is 5.57. The fourth-order valence-corrected chi connectivity index (χ4v) is 3.47. The van der Waals surface area contributed by atoms with E-state index in [2.05, 4.69) is 41.4 Å².